The molecule has 1 aliphatic heterocycles. The van der Waals surface area contributed by atoms with E-state index in [2.05, 4.69) is 65.6 Å². The summed E-state index contributed by atoms with van der Waals surface area (Å²) < 4.78 is 5.40. The second-order valence-electron chi connectivity index (χ2n) is 6.56. The zero-order valence-electron chi connectivity index (χ0n) is 13.4. The van der Waals surface area contributed by atoms with Crippen LogP contribution < -0.4 is 10.2 Å². The Morgan fingerprint density at radius 3 is 2.45 bits per heavy atom. The van der Waals surface area contributed by atoms with Gasteiger partial charge in [-0.2, -0.15) is 0 Å². The molecule has 1 aromatic heterocycles. The topological polar surface area (TPSA) is 37.4 Å². The van der Waals surface area contributed by atoms with Crippen LogP contribution in [0.3, 0.4) is 0 Å². The fourth-order valence-electron chi connectivity index (χ4n) is 2.45. The van der Waals surface area contributed by atoms with Crippen LogP contribution in [-0.2, 0) is 4.74 Å². The van der Waals surface area contributed by atoms with Crippen molar-refractivity contribution in [3.8, 4) is 11.3 Å². The molecule has 3 rings (SSSR count). The molecule has 0 radical (unpaired) electrons. The normalized spacial score (nSPS) is 15.9. The maximum Gasteiger partial charge on any atom is 0.183 e. The van der Waals surface area contributed by atoms with Crippen LogP contribution in [0.25, 0.3) is 11.3 Å². The Labute approximate surface area is 136 Å². The fourth-order valence-corrected chi connectivity index (χ4v) is 3.38. The summed E-state index contributed by atoms with van der Waals surface area (Å²) in [4.78, 5) is 7.04. The predicted molar refractivity (Wildman–Crippen MR) is 94.0 cm³/mol. The van der Waals surface area contributed by atoms with Gasteiger partial charge in [0.15, 0.2) is 5.13 Å². The lowest BCUT2D eigenvalue weighted by atomic mass is 10.1. The van der Waals surface area contributed by atoms with Crippen molar-refractivity contribution in [3.05, 3.63) is 29.6 Å². The maximum atomic E-state index is 5.40. The van der Waals surface area contributed by atoms with E-state index in [0.29, 0.717) is 0 Å². The summed E-state index contributed by atoms with van der Waals surface area (Å²) in [5, 5.41) is 6.50. The van der Waals surface area contributed by atoms with Gasteiger partial charge in [-0.1, -0.05) is 12.1 Å². The molecule has 22 heavy (non-hydrogen) atoms. The molecule has 118 valence electrons. The van der Waals surface area contributed by atoms with Crippen molar-refractivity contribution in [1.82, 2.24) is 4.98 Å². The van der Waals surface area contributed by atoms with Crippen molar-refractivity contribution in [3.63, 3.8) is 0 Å². The van der Waals surface area contributed by atoms with Gasteiger partial charge in [-0.25, -0.2) is 4.98 Å². The van der Waals surface area contributed by atoms with Gasteiger partial charge in [0, 0.05) is 35.3 Å². The van der Waals surface area contributed by atoms with Gasteiger partial charge < -0.3 is 15.0 Å². The molecular formula is C17H23N3OS. The molecule has 0 saturated carbocycles. The lowest BCUT2D eigenvalue weighted by Crippen LogP contribution is -2.36. The number of anilines is 2. The molecule has 0 amide bonds. The van der Waals surface area contributed by atoms with Gasteiger partial charge in [-0.05, 0) is 32.9 Å². The number of morpholine rings is 1. The molecule has 0 unspecified atom stereocenters. The highest BCUT2D eigenvalue weighted by Gasteiger charge is 2.14. The van der Waals surface area contributed by atoms with Gasteiger partial charge in [0.1, 0.15) is 0 Å². The van der Waals surface area contributed by atoms with Gasteiger partial charge >= 0.3 is 0 Å². The van der Waals surface area contributed by atoms with Crippen LogP contribution in [0.4, 0.5) is 10.8 Å². The number of ether oxygens (including phenoxy) is 1. The molecular weight excluding hydrogens is 294 g/mol. The Balaban J connectivity index is 1.72. The van der Waals surface area contributed by atoms with Gasteiger partial charge in [-0.3, -0.25) is 0 Å². The number of nitrogens with one attached hydrogen (secondary N) is 1. The van der Waals surface area contributed by atoms with Crippen molar-refractivity contribution < 1.29 is 4.74 Å². The second kappa shape index (κ2) is 6.26. The van der Waals surface area contributed by atoms with E-state index in [9.17, 15) is 0 Å². The smallest absolute Gasteiger partial charge is 0.183 e. The van der Waals surface area contributed by atoms with Crippen LogP contribution in [0.2, 0.25) is 0 Å². The molecule has 0 aliphatic carbocycles. The van der Waals surface area contributed by atoms with Crippen molar-refractivity contribution in [1.29, 1.82) is 0 Å². The summed E-state index contributed by atoms with van der Waals surface area (Å²) in [6.45, 7) is 10.00. The van der Waals surface area contributed by atoms with Crippen molar-refractivity contribution in [2.75, 3.05) is 36.5 Å². The third-order valence-electron chi connectivity index (χ3n) is 3.53. The SMILES string of the molecule is CC(C)(C)Nc1nc(-c2ccc(N3CCOCC3)cc2)cs1. The van der Waals surface area contributed by atoms with Crippen LogP contribution in [-0.4, -0.2) is 36.8 Å². The first-order valence-corrected chi connectivity index (χ1v) is 8.56. The standard InChI is InChI=1S/C17H23N3OS/c1-17(2,3)19-16-18-15(12-22-16)13-4-6-14(7-5-13)20-8-10-21-11-9-20/h4-7,12H,8-11H2,1-3H3,(H,18,19). The summed E-state index contributed by atoms with van der Waals surface area (Å²) in [6, 6.07) is 8.66. The Kier molecular flexibility index (Phi) is 4.36. The highest BCUT2D eigenvalue weighted by atomic mass is 32.1. The molecule has 1 aliphatic rings. The summed E-state index contributed by atoms with van der Waals surface area (Å²) in [5.41, 5.74) is 3.49. The van der Waals surface area contributed by atoms with Crippen LogP contribution >= 0.6 is 11.3 Å². The molecule has 1 saturated heterocycles. The second-order valence-corrected chi connectivity index (χ2v) is 7.42. The summed E-state index contributed by atoms with van der Waals surface area (Å²) in [7, 11) is 0. The molecule has 2 aromatic rings. The highest BCUT2D eigenvalue weighted by Crippen LogP contribution is 2.28. The number of hydrogen-bond donors (Lipinski definition) is 1. The first-order chi connectivity index (χ1) is 10.5. The average molecular weight is 317 g/mol. The number of thiazole rings is 1. The monoisotopic (exact) mass is 317 g/mol. The zero-order chi connectivity index (χ0) is 15.6. The molecule has 5 heteroatoms. The minimum Gasteiger partial charge on any atom is -0.378 e. The number of nitrogens with zero attached hydrogens (tertiary/aromatic N) is 2. The number of rotatable bonds is 3. The van der Waals surface area contributed by atoms with Crippen LogP contribution in [0.15, 0.2) is 29.6 Å². The largest absolute Gasteiger partial charge is 0.378 e. The zero-order valence-corrected chi connectivity index (χ0v) is 14.2. The van der Waals surface area contributed by atoms with Gasteiger partial charge in [-0.15, -0.1) is 11.3 Å². The number of hydrogen-bond acceptors (Lipinski definition) is 5. The van der Waals surface area contributed by atoms with Crippen LogP contribution in [0.1, 0.15) is 20.8 Å². The van der Waals surface area contributed by atoms with Gasteiger partial charge in [0.25, 0.3) is 0 Å². The van der Waals surface area contributed by atoms with E-state index >= 15 is 0 Å². The summed E-state index contributed by atoms with van der Waals surface area (Å²) >= 11 is 1.65. The molecule has 4 nitrogen and oxygen atoms in total. The van der Waals surface area contributed by atoms with Gasteiger partial charge in [0.05, 0.1) is 18.9 Å². The Morgan fingerprint density at radius 1 is 1.14 bits per heavy atom. The van der Waals surface area contributed by atoms with E-state index in [0.717, 1.165) is 42.7 Å². The molecule has 1 fully saturated rings. The number of aromatic nitrogens is 1. The van der Waals surface area contributed by atoms with Crippen molar-refractivity contribution in [2.24, 2.45) is 0 Å². The Hall–Kier alpha value is -1.59. The van der Waals surface area contributed by atoms with E-state index in [4.69, 9.17) is 4.74 Å². The number of benzene rings is 1. The van der Waals surface area contributed by atoms with E-state index in [1.54, 1.807) is 11.3 Å². The fraction of sp³-hybridized carbons (Fsp3) is 0.471. The average Bonchev–Trinajstić information content (AvgIpc) is 2.95. The molecule has 2 heterocycles. The van der Waals surface area contributed by atoms with E-state index in [1.807, 2.05) is 0 Å². The molecule has 0 atom stereocenters. The predicted octanol–water partition coefficient (Wildman–Crippen LogP) is 3.86. The molecule has 1 aromatic carbocycles. The van der Waals surface area contributed by atoms with E-state index in [1.165, 1.54) is 5.69 Å². The lowest BCUT2D eigenvalue weighted by molar-refractivity contribution is 0.122. The molecule has 0 spiro atoms. The van der Waals surface area contributed by atoms with Crippen molar-refractivity contribution >= 4 is 22.2 Å². The van der Waals surface area contributed by atoms with Crippen LogP contribution in [0, 0.1) is 0 Å². The molecule has 0 bridgehead atoms. The lowest BCUT2D eigenvalue weighted by Gasteiger charge is -2.28. The minimum absolute atomic E-state index is 0.0370. The minimum atomic E-state index is 0.0370. The quantitative estimate of drug-likeness (QED) is 0.933. The third kappa shape index (κ3) is 3.78. The van der Waals surface area contributed by atoms with E-state index in [-0.39, 0.29) is 5.54 Å². The van der Waals surface area contributed by atoms with Crippen molar-refractivity contribution in [2.45, 2.75) is 26.3 Å². The van der Waals surface area contributed by atoms with Crippen LogP contribution in [0.5, 0.6) is 0 Å². The Morgan fingerprint density at radius 2 is 1.82 bits per heavy atom. The van der Waals surface area contributed by atoms with Gasteiger partial charge in [0.2, 0.25) is 0 Å². The molecule has 1 N–H and O–H groups in total. The van der Waals surface area contributed by atoms with E-state index < -0.39 is 0 Å². The summed E-state index contributed by atoms with van der Waals surface area (Å²) in [5.74, 6) is 0. The first-order valence-electron chi connectivity index (χ1n) is 7.68. The maximum absolute atomic E-state index is 5.40. The Bertz CT molecular complexity index is 610. The summed E-state index contributed by atoms with van der Waals surface area (Å²) in [6.07, 6.45) is 0. The third-order valence-corrected chi connectivity index (χ3v) is 4.28. The first kappa shape index (κ1) is 15.3. The highest BCUT2D eigenvalue weighted by molar-refractivity contribution is 7.14.